The summed E-state index contributed by atoms with van der Waals surface area (Å²) in [5, 5.41) is 0. The third-order valence-electron chi connectivity index (χ3n) is 0.746. The molecule has 0 unspecified atom stereocenters. The van der Waals surface area contributed by atoms with Crippen LogP contribution in [0, 0.1) is 0 Å². The van der Waals surface area contributed by atoms with Gasteiger partial charge in [0.15, 0.2) is 0 Å². The van der Waals surface area contributed by atoms with Crippen molar-refractivity contribution in [1.29, 1.82) is 0 Å². The third kappa shape index (κ3) is 4.13. The second-order valence-electron chi connectivity index (χ2n) is 1.87. The Balaban J connectivity index is 0. The summed E-state index contributed by atoms with van der Waals surface area (Å²) >= 11 is 0. The van der Waals surface area contributed by atoms with Crippen LogP contribution in [0.3, 0.4) is 0 Å². The molecule has 0 fully saturated rings. The molecule has 0 bridgehead atoms. The van der Waals surface area contributed by atoms with E-state index in [9.17, 15) is 43.2 Å². The monoisotopic (exact) mass is 289 g/mol. The molecule has 0 spiro atoms. The van der Waals surface area contributed by atoms with Crippen molar-refractivity contribution in [2.24, 2.45) is 0 Å². The predicted octanol–water partition coefficient (Wildman–Crippen LogP) is 0.321. The molecule has 0 aromatic carbocycles. The first-order chi connectivity index (χ1) is 6.21. The molecule has 16 heavy (non-hydrogen) atoms. The minimum absolute atomic E-state index is 0. The average Bonchev–Trinajstić information content (AvgIpc) is 1.77. The van der Waals surface area contributed by atoms with Crippen LogP contribution < -0.4 is 0 Å². The van der Waals surface area contributed by atoms with Crippen molar-refractivity contribution in [2.75, 3.05) is 0 Å². The van der Waals surface area contributed by atoms with Gasteiger partial charge in [-0.25, -0.2) is 0 Å². The van der Waals surface area contributed by atoms with Crippen LogP contribution in [0.15, 0.2) is 0 Å². The molecular formula is C2F6LiO5S2. The molecule has 5 nitrogen and oxygen atoms in total. The number of alkyl halides is 6. The molecule has 0 amide bonds. The molecule has 0 rings (SSSR count). The van der Waals surface area contributed by atoms with Crippen LogP contribution in [0.5, 0.6) is 0 Å². The molecule has 0 saturated carbocycles. The first kappa shape index (κ1) is 18.4. The minimum Gasteiger partial charge on any atom is -0.188 e. The van der Waals surface area contributed by atoms with E-state index in [0.29, 0.717) is 0 Å². The van der Waals surface area contributed by atoms with Crippen LogP contribution in [0.25, 0.3) is 0 Å². The summed E-state index contributed by atoms with van der Waals surface area (Å²) in [4.78, 5) is 0. The van der Waals surface area contributed by atoms with Gasteiger partial charge >= 0.3 is 31.3 Å². The number of hydrogen-bond acceptors (Lipinski definition) is 5. The molecule has 0 saturated heterocycles. The molecule has 0 aliphatic rings. The maximum Gasteiger partial charge on any atom is 0.524 e. The van der Waals surface area contributed by atoms with Crippen molar-refractivity contribution in [1.82, 2.24) is 0 Å². The Kier molecular flexibility index (Phi) is 5.44. The van der Waals surface area contributed by atoms with E-state index in [1.165, 1.54) is 0 Å². The summed E-state index contributed by atoms with van der Waals surface area (Å²) in [7, 11) is -13.7. The standard InChI is InChI=1S/C2F6O5S2.Li/c3-1(4,5)14(9,10)13-15(11,12)2(6,7)8;. The second kappa shape index (κ2) is 4.73. The van der Waals surface area contributed by atoms with E-state index in [1.807, 2.05) is 3.63 Å². The van der Waals surface area contributed by atoms with Gasteiger partial charge in [0.05, 0.1) is 0 Å². The van der Waals surface area contributed by atoms with Gasteiger partial charge in [-0.05, 0) is 0 Å². The predicted molar refractivity (Wildman–Crippen MR) is 36.8 cm³/mol. The fourth-order valence-electron chi connectivity index (χ4n) is 0.195. The molecule has 14 heteroatoms. The number of rotatable bonds is 2. The van der Waals surface area contributed by atoms with Gasteiger partial charge in [-0.15, -0.1) is 3.63 Å². The van der Waals surface area contributed by atoms with Crippen LogP contribution in [-0.4, -0.2) is 46.7 Å². The van der Waals surface area contributed by atoms with E-state index >= 15 is 0 Å². The van der Waals surface area contributed by atoms with E-state index in [0.717, 1.165) is 0 Å². The Bertz CT molecular complexity index is 387. The number of hydrogen-bond donors (Lipinski definition) is 0. The zero-order valence-electron chi connectivity index (χ0n) is 7.13. The first-order valence-electron chi connectivity index (χ1n) is 2.54. The van der Waals surface area contributed by atoms with Gasteiger partial charge in [-0.2, -0.15) is 43.2 Å². The zero-order valence-corrected chi connectivity index (χ0v) is 8.76. The summed E-state index contributed by atoms with van der Waals surface area (Å²) in [6, 6.07) is 0. The van der Waals surface area contributed by atoms with Crippen molar-refractivity contribution in [3.8, 4) is 0 Å². The molecule has 0 heterocycles. The summed E-state index contributed by atoms with van der Waals surface area (Å²) < 4.78 is 110. The summed E-state index contributed by atoms with van der Waals surface area (Å²) in [5.41, 5.74) is -12.5. The van der Waals surface area contributed by atoms with Gasteiger partial charge in [0.1, 0.15) is 0 Å². The van der Waals surface area contributed by atoms with Crippen LogP contribution >= 0.6 is 0 Å². The molecule has 0 aliphatic heterocycles. The van der Waals surface area contributed by atoms with Crippen LogP contribution in [-0.2, 0) is 23.9 Å². The van der Waals surface area contributed by atoms with Crippen molar-refractivity contribution in [2.45, 2.75) is 11.0 Å². The molecule has 0 N–H and O–H groups in total. The Morgan fingerprint density at radius 2 is 0.875 bits per heavy atom. The second-order valence-corrected chi connectivity index (χ2v) is 5.15. The van der Waals surface area contributed by atoms with Crippen molar-refractivity contribution >= 4 is 39.1 Å². The van der Waals surface area contributed by atoms with Crippen LogP contribution in [0.1, 0.15) is 0 Å². The van der Waals surface area contributed by atoms with Gasteiger partial charge in [0, 0.05) is 18.9 Å². The molecule has 0 aromatic rings. The fraction of sp³-hybridized carbons (Fsp3) is 1.00. The van der Waals surface area contributed by atoms with E-state index in [2.05, 4.69) is 0 Å². The molecule has 0 aromatic heterocycles. The quantitative estimate of drug-likeness (QED) is 0.415. The van der Waals surface area contributed by atoms with E-state index in [4.69, 9.17) is 0 Å². The topological polar surface area (TPSA) is 77.5 Å². The summed E-state index contributed by atoms with van der Waals surface area (Å²) in [6.45, 7) is 0. The molecular weight excluding hydrogens is 289 g/mol. The van der Waals surface area contributed by atoms with E-state index in [1.54, 1.807) is 0 Å². The summed E-state index contributed by atoms with van der Waals surface area (Å²) in [5.74, 6) is 0. The van der Waals surface area contributed by atoms with Gasteiger partial charge in [0.2, 0.25) is 0 Å². The largest absolute Gasteiger partial charge is 0.524 e. The summed E-state index contributed by atoms with van der Waals surface area (Å²) in [6.07, 6.45) is 0. The Labute approximate surface area is 97.2 Å². The SMILES string of the molecule is O=S(=O)(OS(=O)(=O)C(F)(F)F)C(F)(F)F.[Li]. The van der Waals surface area contributed by atoms with Gasteiger partial charge < -0.3 is 0 Å². The van der Waals surface area contributed by atoms with Crippen LogP contribution in [0.2, 0.25) is 0 Å². The normalized spacial score (nSPS) is 14.4. The Morgan fingerprint density at radius 3 is 1.00 bits per heavy atom. The third-order valence-corrected chi connectivity index (χ3v) is 3.31. The smallest absolute Gasteiger partial charge is 0.188 e. The zero-order chi connectivity index (χ0) is 12.7. The maximum absolute atomic E-state index is 11.4. The van der Waals surface area contributed by atoms with Crippen LogP contribution in [0.4, 0.5) is 26.3 Å². The molecule has 93 valence electrons. The Morgan fingerprint density at radius 1 is 0.688 bits per heavy atom. The fourth-order valence-corrected chi connectivity index (χ4v) is 1.76. The van der Waals surface area contributed by atoms with Crippen molar-refractivity contribution < 1.29 is 46.8 Å². The Hall–Kier alpha value is 0.0374. The van der Waals surface area contributed by atoms with E-state index < -0.39 is 31.3 Å². The van der Waals surface area contributed by atoms with Gasteiger partial charge in [0.25, 0.3) is 0 Å². The van der Waals surface area contributed by atoms with Gasteiger partial charge in [-0.1, -0.05) is 0 Å². The number of halogens is 6. The van der Waals surface area contributed by atoms with Crippen molar-refractivity contribution in [3.05, 3.63) is 0 Å². The first-order valence-corrected chi connectivity index (χ1v) is 5.36. The van der Waals surface area contributed by atoms with Crippen molar-refractivity contribution in [3.63, 3.8) is 0 Å². The molecule has 1 radical (unpaired) electrons. The maximum atomic E-state index is 11.4. The minimum atomic E-state index is -6.85. The molecule has 0 aliphatic carbocycles. The average molecular weight is 289 g/mol. The van der Waals surface area contributed by atoms with Gasteiger partial charge in [-0.3, -0.25) is 0 Å². The molecule has 0 atom stereocenters. The van der Waals surface area contributed by atoms with E-state index in [-0.39, 0.29) is 18.9 Å².